The van der Waals surface area contributed by atoms with Crippen LogP contribution in [0.25, 0.3) is 11.3 Å². The second-order valence-corrected chi connectivity index (χ2v) is 7.11. The van der Waals surface area contributed by atoms with Crippen molar-refractivity contribution in [1.29, 1.82) is 10.5 Å². The third-order valence-electron chi connectivity index (χ3n) is 4.87. The second kappa shape index (κ2) is 10.4. The monoisotopic (exact) mass is 446 g/mol. The SMILES string of the molecule is N#Cc1ccccc1COc1ccc(C=NNc2nc(-c3ccccc3)c(C#N)c(=O)[nH]2)cc1. The molecule has 4 aromatic rings. The third kappa shape index (κ3) is 5.16. The van der Waals surface area contributed by atoms with Gasteiger partial charge in [0.25, 0.3) is 5.56 Å². The van der Waals surface area contributed by atoms with Crippen molar-refractivity contribution in [2.75, 3.05) is 5.43 Å². The van der Waals surface area contributed by atoms with E-state index in [2.05, 4.69) is 26.6 Å². The maximum Gasteiger partial charge on any atom is 0.270 e. The summed E-state index contributed by atoms with van der Waals surface area (Å²) in [6, 6.07) is 27.6. The molecule has 2 N–H and O–H groups in total. The van der Waals surface area contributed by atoms with Crippen LogP contribution in [0.1, 0.15) is 22.3 Å². The van der Waals surface area contributed by atoms with Gasteiger partial charge in [0.15, 0.2) is 0 Å². The maximum absolute atomic E-state index is 12.3. The van der Waals surface area contributed by atoms with E-state index in [1.54, 1.807) is 48.7 Å². The molecule has 0 aliphatic rings. The molecule has 0 unspecified atom stereocenters. The summed E-state index contributed by atoms with van der Waals surface area (Å²) in [6.07, 6.45) is 1.56. The Balaban J connectivity index is 1.43. The Hall–Kier alpha value is -5.21. The molecule has 8 nitrogen and oxygen atoms in total. The van der Waals surface area contributed by atoms with E-state index < -0.39 is 5.56 Å². The zero-order chi connectivity index (χ0) is 23.8. The fraction of sp³-hybridized carbons (Fsp3) is 0.0385. The van der Waals surface area contributed by atoms with E-state index in [0.717, 1.165) is 11.1 Å². The van der Waals surface area contributed by atoms with Crippen molar-refractivity contribution in [2.45, 2.75) is 6.61 Å². The first kappa shape index (κ1) is 22.0. The summed E-state index contributed by atoms with van der Waals surface area (Å²) >= 11 is 0. The Morgan fingerprint density at radius 2 is 1.71 bits per heavy atom. The van der Waals surface area contributed by atoms with E-state index >= 15 is 0 Å². The quantitative estimate of drug-likeness (QED) is 0.323. The molecular formula is C26H18N6O2. The fourth-order valence-corrected chi connectivity index (χ4v) is 3.17. The number of aromatic amines is 1. The molecule has 3 aromatic carbocycles. The third-order valence-corrected chi connectivity index (χ3v) is 4.87. The Morgan fingerprint density at radius 3 is 2.44 bits per heavy atom. The standard InChI is InChI=1S/C26H18N6O2/c27-14-20-8-4-5-9-21(20)17-34-22-12-10-18(11-13-22)16-29-32-26-30-24(19-6-2-1-3-7-19)23(15-28)25(33)31-26/h1-13,16H,17H2,(H2,30,31,32,33). The molecule has 4 rings (SSSR count). The number of ether oxygens (including phenoxy) is 1. The summed E-state index contributed by atoms with van der Waals surface area (Å²) in [7, 11) is 0. The molecule has 0 atom stereocenters. The highest BCUT2D eigenvalue weighted by Gasteiger charge is 2.12. The number of nitrogens with one attached hydrogen (secondary N) is 2. The highest BCUT2D eigenvalue weighted by Crippen LogP contribution is 2.19. The highest BCUT2D eigenvalue weighted by atomic mass is 16.5. The summed E-state index contributed by atoms with van der Waals surface area (Å²) < 4.78 is 5.77. The lowest BCUT2D eigenvalue weighted by Crippen LogP contribution is -2.16. The predicted octanol–water partition coefficient (Wildman–Crippen LogP) is 4.21. The van der Waals surface area contributed by atoms with Crippen LogP contribution in [-0.2, 0) is 6.61 Å². The lowest BCUT2D eigenvalue weighted by atomic mass is 10.1. The molecule has 0 aliphatic heterocycles. The van der Waals surface area contributed by atoms with Crippen LogP contribution in [0, 0.1) is 22.7 Å². The van der Waals surface area contributed by atoms with Crippen LogP contribution in [0.3, 0.4) is 0 Å². The first-order valence-electron chi connectivity index (χ1n) is 10.3. The van der Waals surface area contributed by atoms with Gasteiger partial charge in [-0.25, -0.2) is 10.4 Å². The van der Waals surface area contributed by atoms with Crippen LogP contribution in [0.2, 0.25) is 0 Å². The summed E-state index contributed by atoms with van der Waals surface area (Å²) in [5.74, 6) is 0.777. The van der Waals surface area contributed by atoms with Crippen LogP contribution in [-0.4, -0.2) is 16.2 Å². The Morgan fingerprint density at radius 1 is 0.971 bits per heavy atom. The van der Waals surface area contributed by atoms with E-state index in [0.29, 0.717) is 23.5 Å². The summed E-state index contributed by atoms with van der Waals surface area (Å²) in [6.45, 7) is 0.292. The van der Waals surface area contributed by atoms with E-state index in [9.17, 15) is 10.1 Å². The summed E-state index contributed by atoms with van der Waals surface area (Å²) in [4.78, 5) is 19.2. The van der Waals surface area contributed by atoms with Gasteiger partial charge in [-0.05, 0) is 35.9 Å². The van der Waals surface area contributed by atoms with Crippen LogP contribution in [0.5, 0.6) is 5.75 Å². The van der Waals surface area contributed by atoms with E-state index in [-0.39, 0.29) is 17.2 Å². The highest BCUT2D eigenvalue weighted by molar-refractivity contribution is 5.80. The van der Waals surface area contributed by atoms with Gasteiger partial charge in [0, 0.05) is 11.1 Å². The first-order valence-corrected chi connectivity index (χ1v) is 10.3. The molecule has 34 heavy (non-hydrogen) atoms. The number of nitrogens with zero attached hydrogens (tertiary/aromatic N) is 4. The van der Waals surface area contributed by atoms with Crippen molar-refractivity contribution in [3.8, 4) is 29.1 Å². The molecule has 1 aromatic heterocycles. The minimum atomic E-state index is -0.548. The minimum Gasteiger partial charge on any atom is -0.489 e. The number of H-pyrrole nitrogens is 1. The maximum atomic E-state index is 12.3. The average Bonchev–Trinajstić information content (AvgIpc) is 2.88. The van der Waals surface area contributed by atoms with Crippen LogP contribution in [0.4, 0.5) is 5.95 Å². The molecular weight excluding hydrogens is 428 g/mol. The molecule has 8 heteroatoms. The van der Waals surface area contributed by atoms with Gasteiger partial charge in [-0.1, -0.05) is 48.5 Å². The topological polar surface area (TPSA) is 127 Å². The lowest BCUT2D eigenvalue weighted by molar-refractivity contribution is 0.306. The number of aromatic nitrogens is 2. The predicted molar refractivity (Wildman–Crippen MR) is 128 cm³/mol. The second-order valence-electron chi connectivity index (χ2n) is 7.11. The summed E-state index contributed by atoms with van der Waals surface area (Å²) in [5.41, 5.74) is 5.22. The molecule has 0 amide bonds. The van der Waals surface area contributed by atoms with Crippen molar-refractivity contribution in [3.05, 3.63) is 111 Å². The Labute approximate surface area is 195 Å². The molecule has 0 aliphatic carbocycles. The van der Waals surface area contributed by atoms with Crippen molar-refractivity contribution in [1.82, 2.24) is 9.97 Å². The number of hydrazone groups is 1. The number of hydrogen-bond donors (Lipinski definition) is 2. The molecule has 0 saturated carbocycles. The molecule has 164 valence electrons. The van der Waals surface area contributed by atoms with Gasteiger partial charge in [0.05, 0.1) is 23.5 Å². The van der Waals surface area contributed by atoms with Crippen molar-refractivity contribution in [2.24, 2.45) is 5.10 Å². The zero-order valence-electron chi connectivity index (χ0n) is 17.9. The van der Waals surface area contributed by atoms with Crippen LogP contribution >= 0.6 is 0 Å². The molecule has 0 saturated heterocycles. The van der Waals surface area contributed by atoms with Gasteiger partial charge < -0.3 is 4.74 Å². The van der Waals surface area contributed by atoms with Gasteiger partial charge in [-0.15, -0.1) is 0 Å². The number of nitriles is 2. The molecule has 0 radical (unpaired) electrons. The van der Waals surface area contributed by atoms with E-state index in [1.165, 1.54) is 0 Å². The van der Waals surface area contributed by atoms with Crippen LogP contribution in [0.15, 0.2) is 88.8 Å². The Kier molecular flexibility index (Phi) is 6.73. The normalized spacial score (nSPS) is 10.4. The molecule has 0 spiro atoms. The largest absolute Gasteiger partial charge is 0.489 e. The fourth-order valence-electron chi connectivity index (χ4n) is 3.17. The smallest absolute Gasteiger partial charge is 0.270 e. The zero-order valence-corrected chi connectivity index (χ0v) is 17.9. The molecule has 0 bridgehead atoms. The molecule has 0 fully saturated rings. The van der Waals surface area contributed by atoms with Gasteiger partial charge >= 0.3 is 0 Å². The van der Waals surface area contributed by atoms with Crippen LogP contribution < -0.4 is 15.7 Å². The van der Waals surface area contributed by atoms with Gasteiger partial charge in [0.2, 0.25) is 5.95 Å². The number of anilines is 1. The van der Waals surface area contributed by atoms with Gasteiger partial charge in [-0.2, -0.15) is 15.6 Å². The van der Waals surface area contributed by atoms with Gasteiger partial charge in [-0.3, -0.25) is 9.78 Å². The van der Waals surface area contributed by atoms with Gasteiger partial charge in [0.1, 0.15) is 24.0 Å². The van der Waals surface area contributed by atoms with Crippen molar-refractivity contribution >= 4 is 12.2 Å². The lowest BCUT2D eigenvalue weighted by Gasteiger charge is -2.08. The number of benzene rings is 3. The van der Waals surface area contributed by atoms with Crippen molar-refractivity contribution in [3.63, 3.8) is 0 Å². The van der Waals surface area contributed by atoms with E-state index in [4.69, 9.17) is 10.00 Å². The number of rotatable bonds is 7. The first-order chi connectivity index (χ1) is 16.7. The minimum absolute atomic E-state index is 0.0614. The number of hydrogen-bond acceptors (Lipinski definition) is 7. The van der Waals surface area contributed by atoms with Crippen molar-refractivity contribution < 1.29 is 4.74 Å². The molecule has 1 heterocycles. The Bertz CT molecular complexity index is 1460. The average molecular weight is 446 g/mol. The summed E-state index contributed by atoms with van der Waals surface area (Å²) in [5, 5.41) is 22.6. The van der Waals surface area contributed by atoms with E-state index in [1.807, 2.05) is 42.5 Å².